The Kier molecular flexibility index (Phi) is 8.42. The maximum atomic E-state index is 10.5. The summed E-state index contributed by atoms with van der Waals surface area (Å²) >= 11 is 0. The van der Waals surface area contributed by atoms with E-state index in [9.17, 15) is 8.42 Å². The third kappa shape index (κ3) is 8.05. The van der Waals surface area contributed by atoms with Gasteiger partial charge in [-0.05, 0) is 85.5 Å². The molecule has 2 aliphatic carbocycles. The van der Waals surface area contributed by atoms with Gasteiger partial charge in [-0.2, -0.15) is 8.42 Å². The molecule has 0 amide bonds. The van der Waals surface area contributed by atoms with E-state index in [2.05, 4.69) is 61.8 Å². The van der Waals surface area contributed by atoms with Crippen LogP contribution in [0.5, 0.6) is 0 Å². The lowest BCUT2D eigenvalue weighted by Gasteiger charge is -2.46. The highest BCUT2D eigenvalue weighted by atomic mass is 32.2. The summed E-state index contributed by atoms with van der Waals surface area (Å²) in [5, 5.41) is 0. The molecule has 1 N–H and O–H groups in total. The lowest BCUT2D eigenvalue weighted by Crippen LogP contribution is -2.47. The van der Waals surface area contributed by atoms with E-state index in [0.717, 1.165) is 11.5 Å². The van der Waals surface area contributed by atoms with Crippen molar-refractivity contribution in [2.24, 2.45) is 16.7 Å². The lowest BCUT2D eigenvalue weighted by molar-refractivity contribution is 0.0970. The van der Waals surface area contributed by atoms with Gasteiger partial charge in [0.05, 0.1) is 4.90 Å². The molecule has 1 aliphatic heterocycles. The van der Waals surface area contributed by atoms with Crippen LogP contribution in [0, 0.1) is 23.7 Å². The highest BCUT2D eigenvalue weighted by molar-refractivity contribution is 7.85. The van der Waals surface area contributed by atoms with Crippen molar-refractivity contribution in [3.63, 3.8) is 0 Å². The van der Waals surface area contributed by atoms with Gasteiger partial charge in [-0.25, -0.2) is 0 Å². The summed E-state index contributed by atoms with van der Waals surface area (Å²) in [4.78, 5) is 5.31. The molecule has 6 heteroatoms. The van der Waals surface area contributed by atoms with Gasteiger partial charge < -0.3 is 4.90 Å². The minimum Gasteiger partial charge on any atom is -0.369 e. The van der Waals surface area contributed by atoms with Crippen LogP contribution in [0.3, 0.4) is 0 Å². The van der Waals surface area contributed by atoms with Gasteiger partial charge in [0, 0.05) is 38.4 Å². The lowest BCUT2D eigenvalue weighted by atomic mass is 9.60. The molecule has 0 radical (unpaired) electrons. The number of aryl methyl sites for hydroxylation is 1. The van der Waals surface area contributed by atoms with E-state index in [4.69, 9.17) is 4.55 Å². The third-order valence-corrected chi connectivity index (χ3v) is 9.04. The Hall–Kier alpha value is -1.89. The zero-order chi connectivity index (χ0) is 26.8. The predicted octanol–water partition coefficient (Wildman–Crippen LogP) is 6.78. The van der Waals surface area contributed by atoms with Gasteiger partial charge in [0.15, 0.2) is 0 Å². The normalized spacial score (nSPS) is 22.3. The highest BCUT2D eigenvalue weighted by Crippen LogP contribution is 2.53. The average molecular weight is 527 g/mol. The molecule has 0 aromatic heterocycles. The number of anilines is 1. The molecule has 5 rings (SSSR count). The summed E-state index contributed by atoms with van der Waals surface area (Å²) in [6.45, 7) is 18.0. The number of benzene rings is 2. The van der Waals surface area contributed by atoms with Gasteiger partial charge >= 0.3 is 0 Å². The van der Waals surface area contributed by atoms with Gasteiger partial charge in [-0.1, -0.05) is 63.6 Å². The van der Waals surface area contributed by atoms with Crippen LogP contribution in [0.25, 0.3) is 0 Å². The molecule has 1 heterocycles. The Labute approximate surface area is 225 Å². The molecule has 5 nitrogen and oxygen atoms in total. The second-order valence-corrected chi connectivity index (χ2v) is 14.6. The van der Waals surface area contributed by atoms with Gasteiger partial charge in [-0.15, -0.1) is 0 Å². The van der Waals surface area contributed by atoms with Crippen LogP contribution in [-0.2, 0) is 10.1 Å². The Morgan fingerprint density at radius 1 is 0.865 bits per heavy atom. The monoisotopic (exact) mass is 526 g/mol. The topological polar surface area (TPSA) is 60.9 Å². The van der Waals surface area contributed by atoms with E-state index < -0.39 is 10.1 Å². The summed E-state index contributed by atoms with van der Waals surface area (Å²) in [5.74, 6) is 1.72. The maximum Gasteiger partial charge on any atom is 0.294 e. The van der Waals surface area contributed by atoms with E-state index in [0.29, 0.717) is 16.7 Å². The SMILES string of the molecule is CC1(C)CC(c2ccccc2N2CCN(CC3CC3)CC2)CC(C)(C)C1.Cc1ccc(S(=O)(=O)O)cc1. The molecule has 1 saturated heterocycles. The smallest absolute Gasteiger partial charge is 0.294 e. The van der Waals surface area contributed by atoms with E-state index in [1.165, 1.54) is 82.6 Å². The standard InChI is InChI=1S/C24H38N2.C7H8O3S/c1-23(2)15-20(16-24(3,4)18-23)21-7-5-6-8-22(21)26-13-11-25(12-14-26)17-19-9-10-19;1-6-2-4-7(5-3-6)11(8,9)10/h5-8,19-20H,9-18H2,1-4H3;2-5H,1H3,(H,8,9,10). The van der Waals surface area contributed by atoms with Crippen LogP contribution in [-0.4, -0.2) is 50.6 Å². The molecule has 2 aromatic carbocycles. The first-order valence-electron chi connectivity index (χ1n) is 13.9. The number of piperazine rings is 1. The summed E-state index contributed by atoms with van der Waals surface area (Å²) < 4.78 is 29.6. The first-order chi connectivity index (χ1) is 17.3. The summed E-state index contributed by atoms with van der Waals surface area (Å²) in [5.41, 5.74) is 4.99. The zero-order valence-corrected chi connectivity index (χ0v) is 24.2. The number of rotatable bonds is 5. The number of hydrogen-bond acceptors (Lipinski definition) is 4. The molecule has 204 valence electrons. The van der Waals surface area contributed by atoms with Gasteiger partial charge in [0.25, 0.3) is 10.1 Å². The Bertz CT molecular complexity index is 1130. The first-order valence-corrected chi connectivity index (χ1v) is 15.4. The van der Waals surface area contributed by atoms with Gasteiger partial charge in [0.1, 0.15) is 0 Å². The highest BCUT2D eigenvalue weighted by Gasteiger charge is 2.40. The van der Waals surface area contributed by atoms with Crippen LogP contribution < -0.4 is 4.90 Å². The molecular weight excluding hydrogens is 480 g/mol. The Morgan fingerprint density at radius 3 is 1.97 bits per heavy atom. The number of para-hydroxylation sites is 1. The largest absolute Gasteiger partial charge is 0.369 e. The molecule has 0 atom stereocenters. The minimum atomic E-state index is -4.02. The molecule has 37 heavy (non-hydrogen) atoms. The van der Waals surface area contributed by atoms with Crippen LogP contribution >= 0.6 is 0 Å². The van der Waals surface area contributed by atoms with Crippen LogP contribution in [0.1, 0.15) is 76.8 Å². The third-order valence-electron chi connectivity index (χ3n) is 8.18. The fraction of sp³-hybridized carbons (Fsp3) is 0.613. The predicted molar refractivity (Wildman–Crippen MR) is 153 cm³/mol. The van der Waals surface area contributed by atoms with E-state index in [1.54, 1.807) is 17.7 Å². The molecule has 2 saturated carbocycles. The minimum absolute atomic E-state index is 0.0666. The van der Waals surface area contributed by atoms with Crippen molar-refractivity contribution in [2.45, 2.75) is 77.5 Å². The Morgan fingerprint density at radius 2 is 1.43 bits per heavy atom. The van der Waals surface area contributed by atoms with Crippen LogP contribution in [0.15, 0.2) is 53.4 Å². The molecule has 2 aromatic rings. The van der Waals surface area contributed by atoms with Crippen molar-refractivity contribution >= 4 is 15.8 Å². The molecular formula is C31H46N2O3S. The molecule has 3 aliphatic rings. The van der Waals surface area contributed by atoms with E-state index in [1.807, 2.05) is 6.92 Å². The van der Waals surface area contributed by atoms with Crippen molar-refractivity contribution in [1.82, 2.24) is 4.90 Å². The molecule has 0 unspecified atom stereocenters. The molecule has 3 fully saturated rings. The van der Waals surface area contributed by atoms with Gasteiger partial charge in [0.2, 0.25) is 0 Å². The summed E-state index contributed by atoms with van der Waals surface area (Å²) in [7, 11) is -4.02. The fourth-order valence-corrected chi connectivity index (χ4v) is 7.21. The number of hydrogen-bond donors (Lipinski definition) is 1. The van der Waals surface area contributed by atoms with Crippen molar-refractivity contribution < 1.29 is 13.0 Å². The molecule has 0 spiro atoms. The van der Waals surface area contributed by atoms with Crippen molar-refractivity contribution in [3.8, 4) is 0 Å². The van der Waals surface area contributed by atoms with Crippen molar-refractivity contribution in [1.29, 1.82) is 0 Å². The average Bonchev–Trinajstić information content (AvgIpc) is 3.62. The summed E-state index contributed by atoms with van der Waals surface area (Å²) in [6, 6.07) is 15.3. The second-order valence-electron chi connectivity index (χ2n) is 13.2. The van der Waals surface area contributed by atoms with Crippen LogP contribution in [0.2, 0.25) is 0 Å². The number of nitrogens with zero attached hydrogens (tertiary/aromatic N) is 2. The van der Waals surface area contributed by atoms with Crippen molar-refractivity contribution in [3.05, 3.63) is 59.7 Å². The Balaban J connectivity index is 0.000000245. The van der Waals surface area contributed by atoms with E-state index >= 15 is 0 Å². The summed E-state index contributed by atoms with van der Waals surface area (Å²) in [6.07, 6.45) is 6.94. The van der Waals surface area contributed by atoms with E-state index in [-0.39, 0.29) is 4.90 Å². The van der Waals surface area contributed by atoms with Crippen LogP contribution in [0.4, 0.5) is 5.69 Å². The fourth-order valence-electron chi connectivity index (χ4n) is 6.73. The molecule has 0 bridgehead atoms. The maximum absolute atomic E-state index is 10.5. The quantitative estimate of drug-likeness (QED) is 0.435. The second kappa shape index (κ2) is 11.1. The zero-order valence-electron chi connectivity index (χ0n) is 23.4. The van der Waals surface area contributed by atoms with Crippen molar-refractivity contribution in [2.75, 3.05) is 37.6 Å². The van der Waals surface area contributed by atoms with Gasteiger partial charge in [-0.3, -0.25) is 9.45 Å². The first kappa shape index (κ1) is 28.1.